The van der Waals surface area contributed by atoms with E-state index in [0.29, 0.717) is 30.9 Å². The number of hydrogen-bond acceptors (Lipinski definition) is 2. The van der Waals surface area contributed by atoms with Crippen molar-refractivity contribution in [2.24, 2.45) is 0 Å². The summed E-state index contributed by atoms with van der Waals surface area (Å²) in [5.74, 6) is 0.346. The molecule has 0 heterocycles. The Hall–Kier alpha value is -1.09. The van der Waals surface area contributed by atoms with E-state index in [-0.39, 0.29) is 5.82 Å². The van der Waals surface area contributed by atoms with Crippen LogP contribution in [-0.2, 0) is 11.2 Å². The van der Waals surface area contributed by atoms with Crippen molar-refractivity contribution in [1.29, 1.82) is 0 Å². The van der Waals surface area contributed by atoms with Crippen molar-refractivity contribution >= 4 is 0 Å². The lowest BCUT2D eigenvalue weighted by molar-refractivity contribution is 0.146. The van der Waals surface area contributed by atoms with Gasteiger partial charge in [-0.25, -0.2) is 4.39 Å². The normalized spacial score (nSPS) is 10.2. The topological polar surface area (TPSA) is 18.5 Å². The number of halogens is 1. The number of aryl methyl sites for hydroxylation is 1. The summed E-state index contributed by atoms with van der Waals surface area (Å²) < 4.78 is 23.3. The molecule has 3 heteroatoms. The lowest BCUT2D eigenvalue weighted by Crippen LogP contribution is -2.04. The van der Waals surface area contributed by atoms with Gasteiger partial charge in [0.2, 0.25) is 0 Å². The van der Waals surface area contributed by atoms with Crippen LogP contribution in [0.3, 0.4) is 0 Å². The highest BCUT2D eigenvalue weighted by molar-refractivity contribution is 5.28. The summed E-state index contributed by atoms with van der Waals surface area (Å²) in [6.45, 7) is 2.88. The first-order chi connectivity index (χ1) is 6.77. The molecule has 0 amide bonds. The Balaban J connectivity index is 2.57. The fraction of sp³-hybridized carbons (Fsp3) is 0.455. The van der Waals surface area contributed by atoms with Gasteiger partial charge in [-0.2, -0.15) is 0 Å². The standard InChI is InChI=1S/C11H15FO2/c1-3-9-4-5-10(8-11(9)12)14-7-6-13-2/h4-5,8H,3,6-7H2,1-2H3. The Morgan fingerprint density at radius 2 is 2.07 bits per heavy atom. The lowest BCUT2D eigenvalue weighted by Gasteiger charge is -2.06. The number of hydrogen-bond donors (Lipinski definition) is 0. The van der Waals surface area contributed by atoms with Gasteiger partial charge >= 0.3 is 0 Å². The third-order valence-corrected chi connectivity index (χ3v) is 1.96. The highest BCUT2D eigenvalue weighted by Crippen LogP contribution is 2.16. The van der Waals surface area contributed by atoms with Gasteiger partial charge < -0.3 is 9.47 Å². The van der Waals surface area contributed by atoms with E-state index >= 15 is 0 Å². The van der Waals surface area contributed by atoms with Crippen molar-refractivity contribution in [2.75, 3.05) is 20.3 Å². The van der Waals surface area contributed by atoms with E-state index in [2.05, 4.69) is 0 Å². The summed E-state index contributed by atoms with van der Waals surface area (Å²) in [5.41, 5.74) is 0.712. The largest absolute Gasteiger partial charge is 0.491 e. The molecule has 2 nitrogen and oxygen atoms in total. The molecule has 0 unspecified atom stereocenters. The molecular formula is C11H15FO2. The second kappa shape index (κ2) is 5.60. The van der Waals surface area contributed by atoms with E-state index in [4.69, 9.17) is 9.47 Å². The highest BCUT2D eigenvalue weighted by Gasteiger charge is 2.01. The zero-order valence-corrected chi connectivity index (χ0v) is 8.55. The van der Waals surface area contributed by atoms with E-state index in [0.717, 1.165) is 0 Å². The van der Waals surface area contributed by atoms with Crippen LogP contribution in [0.1, 0.15) is 12.5 Å². The molecule has 1 aromatic carbocycles. The molecule has 14 heavy (non-hydrogen) atoms. The van der Waals surface area contributed by atoms with Crippen LogP contribution in [0.2, 0.25) is 0 Å². The molecule has 0 fully saturated rings. The minimum Gasteiger partial charge on any atom is -0.491 e. The molecule has 0 bridgehead atoms. The van der Waals surface area contributed by atoms with Gasteiger partial charge in [-0.1, -0.05) is 13.0 Å². The number of ether oxygens (including phenoxy) is 2. The molecule has 1 aromatic rings. The average molecular weight is 198 g/mol. The van der Waals surface area contributed by atoms with Crippen LogP contribution in [0.5, 0.6) is 5.75 Å². The lowest BCUT2D eigenvalue weighted by atomic mass is 10.1. The van der Waals surface area contributed by atoms with E-state index in [1.807, 2.05) is 6.92 Å². The third kappa shape index (κ3) is 3.00. The van der Waals surface area contributed by atoms with Gasteiger partial charge in [-0.3, -0.25) is 0 Å². The quantitative estimate of drug-likeness (QED) is 0.676. The van der Waals surface area contributed by atoms with Gasteiger partial charge in [0, 0.05) is 13.2 Å². The second-order valence-electron chi connectivity index (χ2n) is 2.95. The van der Waals surface area contributed by atoms with Gasteiger partial charge in [0.15, 0.2) is 0 Å². The van der Waals surface area contributed by atoms with Gasteiger partial charge in [-0.15, -0.1) is 0 Å². The van der Waals surface area contributed by atoms with Crippen LogP contribution in [0.15, 0.2) is 18.2 Å². The molecule has 0 aliphatic rings. The van der Waals surface area contributed by atoms with Gasteiger partial charge in [-0.05, 0) is 18.1 Å². The van der Waals surface area contributed by atoms with Crippen molar-refractivity contribution in [2.45, 2.75) is 13.3 Å². The SMILES string of the molecule is CCc1ccc(OCCOC)cc1F. The van der Waals surface area contributed by atoms with Crippen molar-refractivity contribution in [3.63, 3.8) is 0 Å². The Morgan fingerprint density at radius 1 is 1.29 bits per heavy atom. The average Bonchev–Trinajstić information content (AvgIpc) is 2.18. The van der Waals surface area contributed by atoms with Crippen LogP contribution in [0, 0.1) is 5.82 Å². The van der Waals surface area contributed by atoms with Gasteiger partial charge in [0.05, 0.1) is 6.61 Å². The molecule has 0 saturated carbocycles. The number of benzene rings is 1. The molecule has 0 aliphatic carbocycles. The van der Waals surface area contributed by atoms with Gasteiger partial charge in [0.1, 0.15) is 18.2 Å². The summed E-state index contributed by atoms with van der Waals surface area (Å²) in [5, 5.41) is 0. The Kier molecular flexibility index (Phi) is 4.40. The maximum atomic E-state index is 13.2. The number of methoxy groups -OCH3 is 1. The smallest absolute Gasteiger partial charge is 0.130 e. The Morgan fingerprint density at radius 3 is 2.64 bits per heavy atom. The summed E-state index contributed by atoms with van der Waals surface area (Å²) in [6, 6.07) is 4.93. The summed E-state index contributed by atoms with van der Waals surface area (Å²) >= 11 is 0. The Bertz CT molecular complexity index is 287. The van der Waals surface area contributed by atoms with Gasteiger partial charge in [0.25, 0.3) is 0 Å². The molecule has 78 valence electrons. The summed E-state index contributed by atoms with van der Waals surface area (Å²) in [6.07, 6.45) is 0.699. The van der Waals surface area contributed by atoms with Crippen LogP contribution >= 0.6 is 0 Å². The van der Waals surface area contributed by atoms with E-state index in [1.54, 1.807) is 19.2 Å². The molecule has 0 aliphatic heterocycles. The van der Waals surface area contributed by atoms with E-state index < -0.39 is 0 Å². The molecular weight excluding hydrogens is 183 g/mol. The van der Waals surface area contributed by atoms with E-state index in [9.17, 15) is 4.39 Å². The van der Waals surface area contributed by atoms with Crippen LogP contribution in [0.4, 0.5) is 4.39 Å². The van der Waals surface area contributed by atoms with Crippen molar-refractivity contribution in [1.82, 2.24) is 0 Å². The summed E-state index contributed by atoms with van der Waals surface area (Å²) in [4.78, 5) is 0. The molecule has 0 radical (unpaired) electrons. The first-order valence-corrected chi connectivity index (χ1v) is 4.68. The molecule has 0 aromatic heterocycles. The first kappa shape index (κ1) is 11.0. The fourth-order valence-electron chi connectivity index (χ4n) is 1.15. The molecule has 1 rings (SSSR count). The minimum absolute atomic E-state index is 0.206. The van der Waals surface area contributed by atoms with Crippen LogP contribution in [0.25, 0.3) is 0 Å². The molecule has 0 spiro atoms. The van der Waals surface area contributed by atoms with Crippen molar-refractivity contribution in [3.8, 4) is 5.75 Å². The summed E-state index contributed by atoms with van der Waals surface area (Å²) in [7, 11) is 1.60. The van der Waals surface area contributed by atoms with Crippen LogP contribution < -0.4 is 4.74 Å². The molecule has 0 atom stereocenters. The number of rotatable bonds is 5. The van der Waals surface area contributed by atoms with Crippen molar-refractivity contribution < 1.29 is 13.9 Å². The minimum atomic E-state index is -0.206. The molecule has 0 N–H and O–H groups in total. The molecule has 0 saturated heterocycles. The zero-order chi connectivity index (χ0) is 10.4. The van der Waals surface area contributed by atoms with E-state index in [1.165, 1.54) is 6.07 Å². The fourth-order valence-corrected chi connectivity index (χ4v) is 1.15. The zero-order valence-electron chi connectivity index (χ0n) is 8.55. The second-order valence-corrected chi connectivity index (χ2v) is 2.95. The van der Waals surface area contributed by atoms with Crippen molar-refractivity contribution in [3.05, 3.63) is 29.6 Å². The Labute approximate surface area is 83.6 Å². The monoisotopic (exact) mass is 198 g/mol. The van der Waals surface area contributed by atoms with Crippen LogP contribution in [-0.4, -0.2) is 20.3 Å². The third-order valence-electron chi connectivity index (χ3n) is 1.96. The maximum absolute atomic E-state index is 13.2. The first-order valence-electron chi connectivity index (χ1n) is 4.68. The highest BCUT2D eigenvalue weighted by atomic mass is 19.1. The maximum Gasteiger partial charge on any atom is 0.130 e. The predicted molar refractivity (Wildman–Crippen MR) is 53.1 cm³/mol. The predicted octanol–water partition coefficient (Wildman–Crippen LogP) is 2.41.